The summed E-state index contributed by atoms with van der Waals surface area (Å²) in [6.45, 7) is 9.03. The van der Waals surface area contributed by atoms with Crippen LogP contribution in [0.2, 0.25) is 0 Å². The molecule has 3 nitrogen and oxygen atoms in total. The molecule has 0 spiro atoms. The summed E-state index contributed by atoms with van der Waals surface area (Å²) in [5, 5.41) is 7.95. The van der Waals surface area contributed by atoms with Crippen LogP contribution in [0.1, 0.15) is 33.5 Å². The zero-order valence-electron chi connectivity index (χ0n) is 9.20. The van der Waals surface area contributed by atoms with Crippen LogP contribution >= 0.6 is 0 Å². The molecule has 0 aliphatic heterocycles. The summed E-state index contributed by atoms with van der Waals surface area (Å²) in [6.07, 6.45) is 2.75. The molecule has 0 bridgehead atoms. The fraction of sp³-hybridized carbons (Fsp3) is 0.800. The van der Waals surface area contributed by atoms with E-state index in [1.165, 1.54) is 0 Å². The van der Waals surface area contributed by atoms with Crippen LogP contribution in [-0.2, 0) is 13.5 Å². The third-order valence-electron chi connectivity index (χ3n) is 2.77. The Balaban J connectivity index is 2.65. The number of aromatic nitrogens is 3. The molecule has 0 radical (unpaired) electrons. The van der Waals surface area contributed by atoms with Crippen LogP contribution in [0.25, 0.3) is 0 Å². The lowest BCUT2D eigenvalue weighted by Crippen LogP contribution is -2.20. The second-order valence-electron chi connectivity index (χ2n) is 4.83. The van der Waals surface area contributed by atoms with Gasteiger partial charge >= 0.3 is 0 Å². The molecular weight excluding hydrogens is 162 g/mol. The van der Waals surface area contributed by atoms with Gasteiger partial charge in [-0.3, -0.25) is 0 Å². The monoisotopic (exact) mass is 181 g/mol. The van der Waals surface area contributed by atoms with Gasteiger partial charge in [-0.15, -0.1) is 10.2 Å². The van der Waals surface area contributed by atoms with Crippen molar-refractivity contribution in [2.75, 3.05) is 0 Å². The minimum Gasteiger partial charge on any atom is -0.321 e. The number of hydrogen-bond acceptors (Lipinski definition) is 2. The van der Waals surface area contributed by atoms with E-state index in [4.69, 9.17) is 0 Å². The van der Waals surface area contributed by atoms with Crippen molar-refractivity contribution in [3.63, 3.8) is 0 Å². The van der Waals surface area contributed by atoms with Crippen molar-refractivity contribution in [2.45, 2.75) is 34.1 Å². The van der Waals surface area contributed by atoms with Crippen molar-refractivity contribution in [3.8, 4) is 0 Å². The molecule has 1 heterocycles. The van der Waals surface area contributed by atoms with E-state index < -0.39 is 0 Å². The van der Waals surface area contributed by atoms with Crippen molar-refractivity contribution in [1.82, 2.24) is 14.8 Å². The van der Waals surface area contributed by atoms with Gasteiger partial charge in [0.15, 0.2) is 0 Å². The summed E-state index contributed by atoms with van der Waals surface area (Å²) >= 11 is 0. The predicted molar refractivity (Wildman–Crippen MR) is 53.3 cm³/mol. The Morgan fingerprint density at radius 3 is 2.46 bits per heavy atom. The molecule has 0 amide bonds. The number of rotatable bonds is 2. The first-order valence-electron chi connectivity index (χ1n) is 4.74. The van der Waals surface area contributed by atoms with E-state index in [9.17, 15) is 0 Å². The largest absolute Gasteiger partial charge is 0.321 e. The van der Waals surface area contributed by atoms with E-state index in [0.717, 1.165) is 12.2 Å². The van der Waals surface area contributed by atoms with E-state index in [0.29, 0.717) is 11.3 Å². The number of nitrogens with zero attached hydrogens (tertiary/aromatic N) is 3. The Bertz CT molecular complexity index is 270. The lowest BCUT2D eigenvalue weighted by atomic mass is 9.80. The van der Waals surface area contributed by atoms with Crippen molar-refractivity contribution in [1.29, 1.82) is 0 Å². The Morgan fingerprint density at radius 1 is 1.46 bits per heavy atom. The quantitative estimate of drug-likeness (QED) is 0.699. The van der Waals surface area contributed by atoms with Gasteiger partial charge in [-0.1, -0.05) is 27.7 Å². The maximum absolute atomic E-state index is 4.08. The molecule has 0 N–H and O–H groups in total. The first-order valence-corrected chi connectivity index (χ1v) is 4.74. The summed E-state index contributed by atoms with van der Waals surface area (Å²) in [5.41, 5.74) is 0.339. The van der Waals surface area contributed by atoms with Crippen molar-refractivity contribution in [2.24, 2.45) is 18.4 Å². The highest BCUT2D eigenvalue weighted by Crippen LogP contribution is 2.27. The highest BCUT2D eigenvalue weighted by atomic mass is 15.2. The summed E-state index contributed by atoms with van der Waals surface area (Å²) in [4.78, 5) is 0. The van der Waals surface area contributed by atoms with Gasteiger partial charge in [0.1, 0.15) is 12.2 Å². The average Bonchev–Trinajstić information content (AvgIpc) is 2.34. The van der Waals surface area contributed by atoms with Crippen LogP contribution in [-0.4, -0.2) is 14.8 Å². The summed E-state index contributed by atoms with van der Waals surface area (Å²) in [5.74, 6) is 1.69. The molecule has 74 valence electrons. The summed E-state index contributed by atoms with van der Waals surface area (Å²) < 4.78 is 1.99. The molecule has 1 unspecified atom stereocenters. The fourth-order valence-corrected chi connectivity index (χ4v) is 1.07. The lowest BCUT2D eigenvalue weighted by Gasteiger charge is -2.26. The summed E-state index contributed by atoms with van der Waals surface area (Å²) in [7, 11) is 1.99. The van der Waals surface area contributed by atoms with Gasteiger partial charge in [0.05, 0.1) is 0 Å². The molecule has 0 fully saturated rings. The molecule has 0 saturated carbocycles. The zero-order chi connectivity index (χ0) is 10.1. The number of aryl methyl sites for hydroxylation is 1. The third-order valence-corrected chi connectivity index (χ3v) is 2.77. The topological polar surface area (TPSA) is 30.7 Å². The van der Waals surface area contributed by atoms with Crippen LogP contribution in [0.5, 0.6) is 0 Å². The lowest BCUT2D eigenvalue weighted by molar-refractivity contribution is 0.255. The third kappa shape index (κ3) is 2.54. The fourth-order valence-electron chi connectivity index (χ4n) is 1.07. The van der Waals surface area contributed by atoms with Gasteiger partial charge in [0.2, 0.25) is 0 Å². The standard InChI is InChI=1S/C10H19N3/c1-8(10(2,3)4)6-9-12-11-7-13(9)5/h7-8H,6H2,1-5H3. The molecule has 1 aromatic rings. The average molecular weight is 181 g/mol. The SMILES string of the molecule is CC(Cc1nncn1C)C(C)(C)C. The van der Waals surface area contributed by atoms with Gasteiger partial charge in [0, 0.05) is 13.5 Å². The van der Waals surface area contributed by atoms with Gasteiger partial charge in [-0.2, -0.15) is 0 Å². The van der Waals surface area contributed by atoms with E-state index in [-0.39, 0.29) is 0 Å². The van der Waals surface area contributed by atoms with Gasteiger partial charge < -0.3 is 4.57 Å². The van der Waals surface area contributed by atoms with Crippen molar-refractivity contribution >= 4 is 0 Å². The Morgan fingerprint density at radius 2 is 2.08 bits per heavy atom. The van der Waals surface area contributed by atoms with E-state index in [1.807, 2.05) is 11.6 Å². The molecule has 1 aromatic heterocycles. The predicted octanol–water partition coefficient (Wildman–Crippen LogP) is 2.04. The summed E-state index contributed by atoms with van der Waals surface area (Å²) in [6, 6.07) is 0. The van der Waals surface area contributed by atoms with Gasteiger partial charge in [-0.25, -0.2) is 0 Å². The maximum atomic E-state index is 4.08. The van der Waals surface area contributed by atoms with Gasteiger partial charge in [0.25, 0.3) is 0 Å². The maximum Gasteiger partial charge on any atom is 0.132 e. The molecule has 3 heteroatoms. The minimum absolute atomic E-state index is 0.339. The van der Waals surface area contributed by atoms with Crippen LogP contribution in [0, 0.1) is 11.3 Å². The second-order valence-corrected chi connectivity index (χ2v) is 4.83. The van der Waals surface area contributed by atoms with E-state index in [1.54, 1.807) is 6.33 Å². The second kappa shape index (κ2) is 3.48. The molecule has 0 aliphatic rings. The van der Waals surface area contributed by atoms with Crippen molar-refractivity contribution in [3.05, 3.63) is 12.2 Å². The van der Waals surface area contributed by atoms with E-state index in [2.05, 4.69) is 37.9 Å². The van der Waals surface area contributed by atoms with Crippen molar-refractivity contribution < 1.29 is 0 Å². The Kier molecular flexibility index (Phi) is 2.74. The molecule has 0 aromatic carbocycles. The molecule has 0 saturated heterocycles. The normalized spacial score (nSPS) is 14.5. The first-order chi connectivity index (χ1) is 5.91. The first kappa shape index (κ1) is 10.2. The van der Waals surface area contributed by atoms with Crippen LogP contribution in [0.3, 0.4) is 0 Å². The minimum atomic E-state index is 0.339. The Hall–Kier alpha value is -0.860. The van der Waals surface area contributed by atoms with Crippen LogP contribution < -0.4 is 0 Å². The van der Waals surface area contributed by atoms with E-state index >= 15 is 0 Å². The number of hydrogen-bond donors (Lipinski definition) is 0. The zero-order valence-corrected chi connectivity index (χ0v) is 9.20. The molecule has 0 aliphatic carbocycles. The van der Waals surface area contributed by atoms with Crippen LogP contribution in [0.15, 0.2) is 6.33 Å². The Labute approximate surface area is 80.2 Å². The smallest absolute Gasteiger partial charge is 0.132 e. The van der Waals surface area contributed by atoms with Gasteiger partial charge in [-0.05, 0) is 11.3 Å². The molecular formula is C10H19N3. The molecule has 1 atom stereocenters. The molecule has 13 heavy (non-hydrogen) atoms. The highest BCUT2D eigenvalue weighted by molar-refractivity contribution is 4.88. The van der Waals surface area contributed by atoms with Crippen LogP contribution in [0.4, 0.5) is 0 Å². The highest BCUT2D eigenvalue weighted by Gasteiger charge is 2.21. The molecule has 1 rings (SSSR count).